The quantitative estimate of drug-likeness (QED) is 0.0943. The van der Waals surface area contributed by atoms with Gasteiger partial charge in [-0.1, -0.05) is 64.0 Å². The average Bonchev–Trinajstić information content (AvgIpc) is 2.67. The number of carbonyl (C=O) groups excluding carboxylic acids is 2. The summed E-state index contributed by atoms with van der Waals surface area (Å²) < 4.78 is 9.98. The van der Waals surface area contributed by atoms with E-state index in [4.69, 9.17) is 32.4 Å². The SMILES string of the molecule is C=C(CCCCCCCCCC)CC(C(=O)OC(N)CN)C(=O)OC(N)CN. The van der Waals surface area contributed by atoms with Crippen molar-refractivity contribution in [3.63, 3.8) is 0 Å². The summed E-state index contributed by atoms with van der Waals surface area (Å²) in [5, 5.41) is 0. The molecule has 0 aromatic heterocycles. The molecule has 8 N–H and O–H groups in total. The minimum atomic E-state index is -1.17. The van der Waals surface area contributed by atoms with Gasteiger partial charge in [0.1, 0.15) is 0 Å². The second-order valence-electron chi connectivity index (χ2n) is 7.15. The standard InChI is InChI=1S/C20H40N4O4/c1-3-4-5-6-7-8-9-10-11-15(2)12-16(19(25)27-17(23)13-21)20(26)28-18(24)14-22/h16-18H,2-14,21-24H2,1H3. The van der Waals surface area contributed by atoms with Crippen LogP contribution < -0.4 is 22.9 Å². The third kappa shape index (κ3) is 12.8. The van der Waals surface area contributed by atoms with Crippen LogP contribution in [0.5, 0.6) is 0 Å². The van der Waals surface area contributed by atoms with Crippen LogP contribution in [0.3, 0.4) is 0 Å². The molecule has 28 heavy (non-hydrogen) atoms. The highest BCUT2D eigenvalue weighted by molar-refractivity contribution is 5.95. The lowest BCUT2D eigenvalue weighted by atomic mass is 9.96. The van der Waals surface area contributed by atoms with Crippen molar-refractivity contribution in [1.29, 1.82) is 0 Å². The van der Waals surface area contributed by atoms with Crippen LogP contribution in [-0.2, 0) is 19.1 Å². The van der Waals surface area contributed by atoms with E-state index in [1.807, 2.05) is 0 Å². The second-order valence-corrected chi connectivity index (χ2v) is 7.15. The summed E-state index contributed by atoms with van der Waals surface area (Å²) in [4.78, 5) is 24.6. The van der Waals surface area contributed by atoms with E-state index >= 15 is 0 Å². The summed E-state index contributed by atoms with van der Waals surface area (Å²) in [6.07, 6.45) is 8.50. The van der Waals surface area contributed by atoms with Crippen molar-refractivity contribution in [3.05, 3.63) is 12.2 Å². The molecule has 2 atom stereocenters. The van der Waals surface area contributed by atoms with E-state index in [-0.39, 0.29) is 19.5 Å². The Labute approximate surface area is 169 Å². The van der Waals surface area contributed by atoms with Crippen molar-refractivity contribution < 1.29 is 19.1 Å². The first-order valence-electron chi connectivity index (χ1n) is 10.3. The van der Waals surface area contributed by atoms with Crippen molar-refractivity contribution in [3.8, 4) is 0 Å². The molecular weight excluding hydrogens is 360 g/mol. The second kappa shape index (κ2) is 16.5. The lowest BCUT2D eigenvalue weighted by Crippen LogP contribution is -2.42. The molecule has 8 heteroatoms. The zero-order valence-corrected chi connectivity index (χ0v) is 17.4. The molecule has 2 unspecified atom stereocenters. The molecule has 164 valence electrons. The number of rotatable bonds is 17. The van der Waals surface area contributed by atoms with E-state index in [1.54, 1.807) is 0 Å². The molecule has 0 aliphatic heterocycles. The largest absolute Gasteiger partial charge is 0.445 e. The van der Waals surface area contributed by atoms with E-state index in [2.05, 4.69) is 13.5 Å². The Hall–Kier alpha value is -1.48. The minimum absolute atomic E-state index is 0.0466. The maximum Gasteiger partial charge on any atom is 0.322 e. The molecule has 0 radical (unpaired) electrons. The lowest BCUT2D eigenvalue weighted by Gasteiger charge is -2.20. The number of ether oxygens (including phenoxy) is 2. The normalized spacial score (nSPS) is 14.2. The Morgan fingerprint density at radius 3 is 1.68 bits per heavy atom. The van der Waals surface area contributed by atoms with Crippen molar-refractivity contribution in [1.82, 2.24) is 0 Å². The van der Waals surface area contributed by atoms with Gasteiger partial charge in [0, 0.05) is 13.1 Å². The predicted molar refractivity (Wildman–Crippen MR) is 111 cm³/mol. The Morgan fingerprint density at radius 1 is 0.821 bits per heavy atom. The summed E-state index contributed by atoms with van der Waals surface area (Å²) in [5.41, 5.74) is 22.6. The number of unbranched alkanes of at least 4 members (excludes halogenated alkanes) is 7. The van der Waals surface area contributed by atoms with Gasteiger partial charge in [0.2, 0.25) is 0 Å². The highest BCUT2D eigenvalue weighted by atomic mass is 16.6. The molecule has 0 bridgehead atoms. The van der Waals surface area contributed by atoms with Gasteiger partial charge < -0.3 is 20.9 Å². The molecule has 0 spiro atoms. The van der Waals surface area contributed by atoms with Gasteiger partial charge in [-0.05, 0) is 19.3 Å². The zero-order chi connectivity index (χ0) is 21.4. The van der Waals surface area contributed by atoms with E-state index in [0.717, 1.165) is 24.8 Å². The monoisotopic (exact) mass is 400 g/mol. The van der Waals surface area contributed by atoms with Crippen LogP contribution in [0.4, 0.5) is 0 Å². The van der Waals surface area contributed by atoms with Crippen LogP contribution >= 0.6 is 0 Å². The van der Waals surface area contributed by atoms with E-state index in [0.29, 0.717) is 0 Å². The zero-order valence-electron chi connectivity index (χ0n) is 17.4. The van der Waals surface area contributed by atoms with Gasteiger partial charge in [0.15, 0.2) is 18.4 Å². The Kier molecular flexibility index (Phi) is 15.6. The van der Waals surface area contributed by atoms with Gasteiger partial charge in [-0.15, -0.1) is 0 Å². The van der Waals surface area contributed by atoms with Crippen LogP contribution in [0.2, 0.25) is 0 Å². The topological polar surface area (TPSA) is 157 Å². The summed E-state index contributed by atoms with van der Waals surface area (Å²) in [6.45, 7) is 6.10. The molecule has 0 saturated carbocycles. The first-order valence-corrected chi connectivity index (χ1v) is 10.3. The highest BCUT2D eigenvalue weighted by Crippen LogP contribution is 2.20. The van der Waals surface area contributed by atoms with E-state index in [1.165, 1.54) is 38.5 Å². The molecule has 0 saturated heterocycles. The van der Waals surface area contributed by atoms with Gasteiger partial charge in [0.05, 0.1) is 0 Å². The van der Waals surface area contributed by atoms with Crippen LogP contribution in [-0.4, -0.2) is 37.5 Å². The number of carbonyl (C=O) groups is 2. The molecule has 0 aliphatic rings. The number of allylic oxidation sites excluding steroid dienone is 1. The maximum atomic E-state index is 12.3. The Morgan fingerprint density at radius 2 is 1.25 bits per heavy atom. The third-order valence-corrected chi connectivity index (χ3v) is 4.45. The summed E-state index contributed by atoms with van der Waals surface area (Å²) in [7, 11) is 0. The van der Waals surface area contributed by atoms with Crippen molar-refractivity contribution in [2.75, 3.05) is 13.1 Å². The first kappa shape index (κ1) is 26.5. The Bertz CT molecular complexity index is 435. The number of hydrogen-bond acceptors (Lipinski definition) is 8. The molecule has 0 aliphatic carbocycles. The van der Waals surface area contributed by atoms with Crippen molar-refractivity contribution in [2.24, 2.45) is 28.9 Å². The van der Waals surface area contributed by atoms with Crippen LogP contribution in [0.1, 0.15) is 71.1 Å². The maximum absolute atomic E-state index is 12.3. The molecule has 0 amide bonds. The fraction of sp³-hybridized carbons (Fsp3) is 0.800. The summed E-state index contributed by atoms with van der Waals surface area (Å²) >= 11 is 0. The molecule has 0 rings (SSSR count). The summed E-state index contributed by atoms with van der Waals surface area (Å²) in [5.74, 6) is -2.75. The van der Waals surface area contributed by atoms with Gasteiger partial charge in [0.25, 0.3) is 0 Å². The molecule has 0 aromatic carbocycles. The number of esters is 2. The fourth-order valence-electron chi connectivity index (χ4n) is 2.72. The van der Waals surface area contributed by atoms with E-state index in [9.17, 15) is 9.59 Å². The average molecular weight is 401 g/mol. The van der Waals surface area contributed by atoms with Gasteiger partial charge >= 0.3 is 11.9 Å². The third-order valence-electron chi connectivity index (χ3n) is 4.45. The van der Waals surface area contributed by atoms with Crippen molar-refractivity contribution in [2.45, 2.75) is 83.6 Å². The first-order chi connectivity index (χ1) is 13.3. The van der Waals surface area contributed by atoms with Crippen molar-refractivity contribution >= 4 is 11.9 Å². The lowest BCUT2D eigenvalue weighted by molar-refractivity contribution is -0.167. The fourth-order valence-corrected chi connectivity index (χ4v) is 2.72. The van der Waals surface area contributed by atoms with Crippen LogP contribution in [0.25, 0.3) is 0 Å². The molecule has 0 fully saturated rings. The van der Waals surface area contributed by atoms with Crippen LogP contribution in [0, 0.1) is 5.92 Å². The summed E-state index contributed by atoms with van der Waals surface area (Å²) in [6, 6.07) is 0. The van der Waals surface area contributed by atoms with Gasteiger partial charge in [-0.3, -0.25) is 21.1 Å². The van der Waals surface area contributed by atoms with Gasteiger partial charge in [-0.25, -0.2) is 0 Å². The Balaban J connectivity index is 4.45. The van der Waals surface area contributed by atoms with Crippen LogP contribution in [0.15, 0.2) is 12.2 Å². The number of nitrogens with two attached hydrogens (primary N) is 4. The highest BCUT2D eigenvalue weighted by Gasteiger charge is 2.32. The molecule has 0 heterocycles. The molecular formula is C20H40N4O4. The molecule has 8 nitrogen and oxygen atoms in total. The predicted octanol–water partition coefficient (Wildman–Crippen LogP) is 1.65. The van der Waals surface area contributed by atoms with E-state index < -0.39 is 30.3 Å². The molecule has 0 aromatic rings. The number of hydrogen-bond donors (Lipinski definition) is 4. The minimum Gasteiger partial charge on any atom is -0.445 e. The smallest absolute Gasteiger partial charge is 0.322 e. The van der Waals surface area contributed by atoms with Gasteiger partial charge in [-0.2, -0.15) is 0 Å².